The lowest BCUT2D eigenvalue weighted by molar-refractivity contribution is -0.156. The number of hydrogen-bond acceptors (Lipinski definition) is 5. The number of morpholine rings is 1. The number of ether oxygens (including phenoxy) is 1. The molecular weight excluding hydrogens is 308 g/mol. The summed E-state index contributed by atoms with van der Waals surface area (Å²) in [4.78, 5) is 28.4. The fourth-order valence-corrected chi connectivity index (χ4v) is 4.72. The zero-order chi connectivity index (χ0) is 16.5. The molecule has 0 aromatic rings. The minimum Gasteiger partial charge on any atom is -0.378 e. The molecule has 1 unspecified atom stereocenters. The van der Waals surface area contributed by atoms with Crippen LogP contribution in [0.25, 0.3) is 0 Å². The molecule has 0 spiro atoms. The number of amides is 2. The van der Waals surface area contributed by atoms with Crippen molar-refractivity contribution in [3.63, 3.8) is 0 Å². The van der Waals surface area contributed by atoms with Gasteiger partial charge in [0.2, 0.25) is 11.8 Å². The molecule has 22 heavy (non-hydrogen) atoms. The highest BCUT2D eigenvalue weighted by Crippen LogP contribution is 2.26. The summed E-state index contributed by atoms with van der Waals surface area (Å²) >= 11 is 0. The van der Waals surface area contributed by atoms with E-state index in [-0.39, 0.29) is 29.4 Å². The van der Waals surface area contributed by atoms with Gasteiger partial charge in [0.1, 0.15) is 5.41 Å². The largest absolute Gasteiger partial charge is 0.378 e. The Hall–Kier alpha value is -1.15. The van der Waals surface area contributed by atoms with Gasteiger partial charge >= 0.3 is 0 Å². The molecule has 8 heteroatoms. The standard InChI is InChI=1S/C14H24N2O5S/c1-14(2,13(18)16-5-7-21-8-6-16)12(17)15(3)11-4-9-22(19,20)10-11/h11H,4-10H2,1-3H3. The third-order valence-corrected chi connectivity index (χ3v) is 6.19. The second-order valence-corrected chi connectivity index (χ2v) is 8.73. The van der Waals surface area contributed by atoms with Crippen molar-refractivity contribution < 1.29 is 22.7 Å². The Balaban J connectivity index is 2.07. The number of rotatable bonds is 3. The average molecular weight is 332 g/mol. The van der Waals surface area contributed by atoms with Crippen LogP contribution in [-0.4, -0.2) is 80.9 Å². The summed E-state index contributed by atoms with van der Waals surface area (Å²) in [5, 5.41) is 0. The summed E-state index contributed by atoms with van der Waals surface area (Å²) in [5.74, 6) is -0.468. The maximum Gasteiger partial charge on any atom is 0.237 e. The monoisotopic (exact) mass is 332 g/mol. The molecular formula is C14H24N2O5S. The molecule has 2 amide bonds. The molecule has 0 aromatic carbocycles. The van der Waals surface area contributed by atoms with Gasteiger partial charge < -0.3 is 14.5 Å². The highest BCUT2D eigenvalue weighted by Gasteiger charge is 2.44. The minimum atomic E-state index is -3.07. The molecule has 0 N–H and O–H groups in total. The van der Waals surface area contributed by atoms with Gasteiger partial charge in [0.15, 0.2) is 9.84 Å². The predicted molar refractivity (Wildman–Crippen MR) is 81.0 cm³/mol. The Morgan fingerprint density at radius 3 is 2.32 bits per heavy atom. The van der Waals surface area contributed by atoms with Crippen LogP contribution in [0.1, 0.15) is 20.3 Å². The highest BCUT2D eigenvalue weighted by molar-refractivity contribution is 7.91. The first-order valence-corrected chi connectivity index (χ1v) is 9.32. The summed E-state index contributed by atoms with van der Waals surface area (Å²) in [6.07, 6.45) is 0.437. The van der Waals surface area contributed by atoms with Gasteiger partial charge in [-0.05, 0) is 20.3 Å². The van der Waals surface area contributed by atoms with Crippen LogP contribution in [-0.2, 0) is 24.2 Å². The van der Waals surface area contributed by atoms with Crippen molar-refractivity contribution in [1.29, 1.82) is 0 Å². The molecule has 0 saturated carbocycles. The summed E-state index contributed by atoms with van der Waals surface area (Å²) in [5.41, 5.74) is -1.20. The van der Waals surface area contributed by atoms with Gasteiger partial charge in [-0.2, -0.15) is 0 Å². The Morgan fingerprint density at radius 2 is 1.82 bits per heavy atom. The fraction of sp³-hybridized carbons (Fsp3) is 0.857. The van der Waals surface area contributed by atoms with E-state index in [0.29, 0.717) is 32.7 Å². The fourth-order valence-electron chi connectivity index (χ4n) is 2.94. The number of hydrogen-bond donors (Lipinski definition) is 0. The Labute approximate surface area is 131 Å². The zero-order valence-corrected chi connectivity index (χ0v) is 14.2. The quantitative estimate of drug-likeness (QED) is 0.652. The Bertz CT molecular complexity index is 552. The van der Waals surface area contributed by atoms with Crippen molar-refractivity contribution in [2.45, 2.75) is 26.3 Å². The van der Waals surface area contributed by atoms with E-state index in [0.717, 1.165) is 0 Å². The SMILES string of the molecule is CN(C(=O)C(C)(C)C(=O)N1CCOCC1)C1CCS(=O)(=O)C1. The van der Waals surface area contributed by atoms with E-state index in [2.05, 4.69) is 0 Å². The molecule has 2 rings (SSSR count). The lowest BCUT2D eigenvalue weighted by Crippen LogP contribution is -2.54. The molecule has 0 aliphatic carbocycles. The molecule has 2 aliphatic heterocycles. The maximum absolute atomic E-state index is 12.7. The Kier molecular flexibility index (Phi) is 4.81. The number of sulfone groups is 1. The van der Waals surface area contributed by atoms with Crippen LogP contribution in [0.3, 0.4) is 0 Å². The van der Waals surface area contributed by atoms with Gasteiger partial charge in [-0.1, -0.05) is 0 Å². The summed E-state index contributed by atoms with van der Waals surface area (Å²) in [7, 11) is -1.48. The highest BCUT2D eigenvalue weighted by atomic mass is 32.2. The van der Waals surface area contributed by atoms with E-state index in [1.54, 1.807) is 25.8 Å². The molecule has 2 fully saturated rings. The second-order valence-electron chi connectivity index (χ2n) is 6.50. The van der Waals surface area contributed by atoms with Crippen molar-refractivity contribution in [3.05, 3.63) is 0 Å². The van der Waals surface area contributed by atoms with Crippen molar-refractivity contribution in [2.75, 3.05) is 44.9 Å². The smallest absolute Gasteiger partial charge is 0.237 e. The van der Waals surface area contributed by atoms with E-state index in [4.69, 9.17) is 4.74 Å². The van der Waals surface area contributed by atoms with Crippen LogP contribution >= 0.6 is 0 Å². The van der Waals surface area contributed by atoms with Crippen LogP contribution < -0.4 is 0 Å². The van der Waals surface area contributed by atoms with Crippen LogP contribution in [0.5, 0.6) is 0 Å². The van der Waals surface area contributed by atoms with Crippen molar-refractivity contribution in [3.8, 4) is 0 Å². The minimum absolute atomic E-state index is 0.0168. The van der Waals surface area contributed by atoms with Crippen LogP contribution in [0.4, 0.5) is 0 Å². The molecule has 1 atom stereocenters. The lowest BCUT2D eigenvalue weighted by Gasteiger charge is -2.36. The number of nitrogens with zero attached hydrogens (tertiary/aromatic N) is 2. The van der Waals surface area contributed by atoms with E-state index in [1.807, 2.05) is 0 Å². The predicted octanol–water partition coefficient (Wildman–Crippen LogP) is -0.483. The molecule has 2 heterocycles. The first-order chi connectivity index (χ1) is 10.1. The summed E-state index contributed by atoms with van der Waals surface area (Å²) in [6, 6.07) is -0.339. The molecule has 2 aliphatic rings. The molecule has 0 aromatic heterocycles. The number of carbonyl (C=O) groups excluding carboxylic acids is 2. The van der Waals surface area contributed by atoms with Crippen LogP contribution in [0.2, 0.25) is 0 Å². The molecule has 2 saturated heterocycles. The summed E-state index contributed by atoms with van der Waals surface area (Å²) in [6.45, 7) is 5.13. The van der Waals surface area contributed by atoms with Gasteiger partial charge in [-0.25, -0.2) is 8.42 Å². The number of carbonyl (C=O) groups is 2. The van der Waals surface area contributed by atoms with Crippen LogP contribution in [0, 0.1) is 5.41 Å². The van der Waals surface area contributed by atoms with E-state index >= 15 is 0 Å². The Morgan fingerprint density at radius 1 is 1.23 bits per heavy atom. The average Bonchev–Trinajstić information content (AvgIpc) is 2.85. The maximum atomic E-state index is 12.7. The van der Waals surface area contributed by atoms with Crippen molar-refractivity contribution >= 4 is 21.7 Å². The third kappa shape index (κ3) is 3.43. The lowest BCUT2D eigenvalue weighted by atomic mass is 9.89. The van der Waals surface area contributed by atoms with E-state index < -0.39 is 15.3 Å². The van der Waals surface area contributed by atoms with Crippen molar-refractivity contribution in [1.82, 2.24) is 9.80 Å². The molecule has 0 radical (unpaired) electrons. The molecule has 7 nitrogen and oxygen atoms in total. The van der Waals surface area contributed by atoms with Gasteiger partial charge in [0, 0.05) is 26.2 Å². The van der Waals surface area contributed by atoms with E-state index in [9.17, 15) is 18.0 Å². The first kappa shape index (κ1) is 17.2. The second kappa shape index (κ2) is 6.16. The third-order valence-electron chi connectivity index (χ3n) is 4.44. The molecule has 0 bridgehead atoms. The van der Waals surface area contributed by atoms with Gasteiger partial charge in [0.05, 0.1) is 24.7 Å². The van der Waals surface area contributed by atoms with Gasteiger partial charge in [-0.3, -0.25) is 9.59 Å². The van der Waals surface area contributed by atoms with E-state index in [1.165, 1.54) is 4.90 Å². The topological polar surface area (TPSA) is 84.0 Å². The summed E-state index contributed by atoms with van der Waals surface area (Å²) < 4.78 is 28.4. The zero-order valence-electron chi connectivity index (χ0n) is 13.4. The first-order valence-electron chi connectivity index (χ1n) is 7.50. The van der Waals surface area contributed by atoms with Gasteiger partial charge in [0.25, 0.3) is 0 Å². The normalized spacial score (nSPS) is 25.0. The van der Waals surface area contributed by atoms with Crippen LogP contribution in [0.15, 0.2) is 0 Å². The van der Waals surface area contributed by atoms with Gasteiger partial charge in [-0.15, -0.1) is 0 Å². The molecule has 126 valence electrons. The van der Waals surface area contributed by atoms with Crippen molar-refractivity contribution in [2.24, 2.45) is 5.41 Å².